The molecular weight excluding hydrogens is 288 g/mol. The van der Waals surface area contributed by atoms with Gasteiger partial charge in [-0.2, -0.15) is 0 Å². The van der Waals surface area contributed by atoms with E-state index in [0.717, 1.165) is 16.8 Å². The number of hydrogen-bond acceptors (Lipinski definition) is 4. The van der Waals surface area contributed by atoms with Gasteiger partial charge in [0.2, 0.25) is 0 Å². The molecule has 0 unspecified atom stereocenters. The molecule has 0 bridgehead atoms. The molecule has 114 valence electrons. The second-order valence-corrected chi connectivity index (χ2v) is 5.15. The monoisotopic (exact) mass is 304 g/mol. The summed E-state index contributed by atoms with van der Waals surface area (Å²) in [5.74, 6) is -0.491. The van der Waals surface area contributed by atoms with Crippen molar-refractivity contribution in [3.05, 3.63) is 95.6 Å². The number of carbonyl (C=O) groups is 1. The molecule has 0 radical (unpaired) electrons. The smallest absolute Gasteiger partial charge is 0.359 e. The molecule has 0 atom stereocenters. The van der Waals surface area contributed by atoms with Gasteiger partial charge in [0.15, 0.2) is 11.8 Å². The van der Waals surface area contributed by atoms with Gasteiger partial charge in [0.25, 0.3) is 0 Å². The van der Waals surface area contributed by atoms with Crippen molar-refractivity contribution in [1.82, 2.24) is 9.97 Å². The van der Waals surface area contributed by atoms with E-state index in [1.807, 2.05) is 67.6 Å². The molecule has 0 aliphatic carbocycles. The van der Waals surface area contributed by atoms with Crippen LogP contribution in [0.1, 0.15) is 33.4 Å². The van der Waals surface area contributed by atoms with E-state index in [1.54, 1.807) is 6.20 Å². The number of benzene rings is 2. The summed E-state index contributed by atoms with van der Waals surface area (Å²) in [6.45, 7) is 1.82. The molecule has 23 heavy (non-hydrogen) atoms. The SMILES string of the molecule is Cc1cnc(C(=O)OC(c2ccccc2)c2ccccc2)cn1. The average Bonchev–Trinajstić information content (AvgIpc) is 2.61. The summed E-state index contributed by atoms with van der Waals surface area (Å²) < 4.78 is 5.71. The maximum absolute atomic E-state index is 12.4. The van der Waals surface area contributed by atoms with Crippen LogP contribution in [0.3, 0.4) is 0 Å². The van der Waals surface area contributed by atoms with Crippen molar-refractivity contribution in [3.63, 3.8) is 0 Å². The topological polar surface area (TPSA) is 52.1 Å². The normalized spacial score (nSPS) is 10.5. The standard InChI is InChI=1S/C19H16N2O2/c1-14-12-21-17(13-20-14)19(22)23-18(15-8-4-2-5-9-15)16-10-6-3-7-11-16/h2-13,18H,1H3. The van der Waals surface area contributed by atoms with Gasteiger partial charge in [0.05, 0.1) is 11.9 Å². The van der Waals surface area contributed by atoms with E-state index in [1.165, 1.54) is 6.20 Å². The minimum atomic E-state index is -0.491. The van der Waals surface area contributed by atoms with E-state index in [2.05, 4.69) is 9.97 Å². The summed E-state index contributed by atoms with van der Waals surface area (Å²) in [7, 11) is 0. The lowest BCUT2D eigenvalue weighted by Crippen LogP contribution is -2.14. The number of hydrogen-bond donors (Lipinski definition) is 0. The number of nitrogens with zero attached hydrogens (tertiary/aromatic N) is 2. The molecule has 0 saturated heterocycles. The van der Waals surface area contributed by atoms with E-state index in [0.29, 0.717) is 0 Å². The van der Waals surface area contributed by atoms with Gasteiger partial charge in [0, 0.05) is 6.20 Å². The van der Waals surface area contributed by atoms with Gasteiger partial charge in [-0.05, 0) is 18.1 Å². The molecule has 0 aliphatic heterocycles. The third-order valence-electron chi connectivity index (χ3n) is 3.42. The zero-order valence-corrected chi connectivity index (χ0v) is 12.7. The Balaban J connectivity index is 1.90. The van der Waals surface area contributed by atoms with Crippen LogP contribution in [0, 0.1) is 6.92 Å². The van der Waals surface area contributed by atoms with E-state index >= 15 is 0 Å². The summed E-state index contributed by atoms with van der Waals surface area (Å²) >= 11 is 0. The molecule has 3 aromatic rings. The Hall–Kier alpha value is -3.01. The van der Waals surface area contributed by atoms with Crippen LogP contribution >= 0.6 is 0 Å². The minimum absolute atomic E-state index is 0.201. The molecule has 1 heterocycles. The maximum Gasteiger partial charge on any atom is 0.359 e. The minimum Gasteiger partial charge on any atom is -0.448 e. The molecular formula is C19H16N2O2. The van der Waals surface area contributed by atoms with Crippen molar-refractivity contribution in [1.29, 1.82) is 0 Å². The van der Waals surface area contributed by atoms with Gasteiger partial charge in [-0.15, -0.1) is 0 Å². The third kappa shape index (κ3) is 3.61. The highest BCUT2D eigenvalue weighted by molar-refractivity contribution is 5.87. The second kappa shape index (κ2) is 6.83. The molecule has 2 aromatic carbocycles. The molecule has 4 heteroatoms. The molecule has 4 nitrogen and oxygen atoms in total. The first-order valence-electron chi connectivity index (χ1n) is 7.33. The van der Waals surface area contributed by atoms with Crippen molar-refractivity contribution in [2.24, 2.45) is 0 Å². The van der Waals surface area contributed by atoms with Crippen molar-refractivity contribution in [2.45, 2.75) is 13.0 Å². The number of rotatable bonds is 4. The Kier molecular flexibility index (Phi) is 4.43. The first-order chi connectivity index (χ1) is 11.2. The van der Waals surface area contributed by atoms with E-state index in [9.17, 15) is 4.79 Å². The summed E-state index contributed by atoms with van der Waals surface area (Å²) in [5, 5.41) is 0. The third-order valence-corrected chi connectivity index (χ3v) is 3.42. The molecule has 0 saturated carbocycles. The Bertz CT molecular complexity index is 732. The Morgan fingerprint density at radius 2 is 1.43 bits per heavy atom. The number of esters is 1. The highest BCUT2D eigenvalue weighted by atomic mass is 16.5. The second-order valence-electron chi connectivity index (χ2n) is 5.15. The van der Waals surface area contributed by atoms with Crippen LogP contribution in [0.15, 0.2) is 73.1 Å². The predicted molar refractivity (Wildman–Crippen MR) is 86.9 cm³/mol. The van der Waals surface area contributed by atoms with Gasteiger partial charge in [-0.1, -0.05) is 60.7 Å². The van der Waals surface area contributed by atoms with Crippen molar-refractivity contribution >= 4 is 5.97 Å². The van der Waals surface area contributed by atoms with E-state index in [-0.39, 0.29) is 5.69 Å². The molecule has 0 spiro atoms. The van der Waals surface area contributed by atoms with Crippen molar-refractivity contribution in [2.75, 3.05) is 0 Å². The number of aromatic nitrogens is 2. The van der Waals surface area contributed by atoms with Gasteiger partial charge in [0.1, 0.15) is 0 Å². The largest absolute Gasteiger partial charge is 0.448 e. The molecule has 0 aliphatic rings. The number of carbonyl (C=O) groups excluding carboxylic acids is 1. The fraction of sp³-hybridized carbons (Fsp3) is 0.105. The fourth-order valence-electron chi connectivity index (χ4n) is 2.25. The first-order valence-corrected chi connectivity index (χ1v) is 7.33. The molecule has 0 amide bonds. The Morgan fingerprint density at radius 3 is 1.91 bits per heavy atom. The van der Waals surface area contributed by atoms with Crippen LogP contribution in [-0.4, -0.2) is 15.9 Å². The average molecular weight is 304 g/mol. The van der Waals surface area contributed by atoms with Crippen LogP contribution in [0.25, 0.3) is 0 Å². The van der Waals surface area contributed by atoms with Crippen LogP contribution in [0.2, 0.25) is 0 Å². The van der Waals surface area contributed by atoms with E-state index < -0.39 is 12.1 Å². The summed E-state index contributed by atoms with van der Waals surface area (Å²) in [6.07, 6.45) is 2.51. The quantitative estimate of drug-likeness (QED) is 0.689. The lowest BCUT2D eigenvalue weighted by atomic mass is 10.0. The Labute approximate surface area is 134 Å². The molecule has 1 aromatic heterocycles. The van der Waals surface area contributed by atoms with Crippen molar-refractivity contribution < 1.29 is 9.53 Å². The first kappa shape index (κ1) is 14.9. The van der Waals surface area contributed by atoms with Gasteiger partial charge in [-0.25, -0.2) is 9.78 Å². The molecule has 3 rings (SSSR count). The van der Waals surface area contributed by atoms with Crippen LogP contribution in [0.5, 0.6) is 0 Å². The van der Waals surface area contributed by atoms with Crippen molar-refractivity contribution in [3.8, 4) is 0 Å². The zero-order valence-electron chi connectivity index (χ0n) is 12.7. The van der Waals surface area contributed by atoms with Gasteiger partial charge in [-0.3, -0.25) is 4.98 Å². The maximum atomic E-state index is 12.4. The fourth-order valence-corrected chi connectivity index (χ4v) is 2.25. The van der Waals surface area contributed by atoms with Crippen LogP contribution < -0.4 is 0 Å². The van der Waals surface area contributed by atoms with E-state index in [4.69, 9.17) is 4.74 Å². The Morgan fingerprint density at radius 1 is 0.870 bits per heavy atom. The van der Waals surface area contributed by atoms with Gasteiger partial charge < -0.3 is 4.74 Å². The highest BCUT2D eigenvalue weighted by Crippen LogP contribution is 2.26. The predicted octanol–water partition coefficient (Wildman–Crippen LogP) is 3.73. The molecule has 0 fully saturated rings. The van der Waals surface area contributed by atoms with Gasteiger partial charge >= 0.3 is 5.97 Å². The lowest BCUT2D eigenvalue weighted by molar-refractivity contribution is 0.0370. The lowest BCUT2D eigenvalue weighted by Gasteiger charge is -2.18. The summed E-state index contributed by atoms with van der Waals surface area (Å²) in [5.41, 5.74) is 2.77. The molecule has 0 N–H and O–H groups in total. The summed E-state index contributed by atoms with van der Waals surface area (Å²) in [6, 6.07) is 19.3. The number of ether oxygens (including phenoxy) is 1. The zero-order chi connectivity index (χ0) is 16.1. The van der Waals surface area contributed by atoms with Crippen LogP contribution in [-0.2, 0) is 4.74 Å². The highest BCUT2D eigenvalue weighted by Gasteiger charge is 2.20. The van der Waals surface area contributed by atoms with Crippen LogP contribution in [0.4, 0.5) is 0 Å². The summed E-state index contributed by atoms with van der Waals surface area (Å²) in [4.78, 5) is 20.6. The number of aryl methyl sites for hydroxylation is 1.